The summed E-state index contributed by atoms with van der Waals surface area (Å²) >= 11 is 6.43. The van der Waals surface area contributed by atoms with E-state index in [-0.39, 0.29) is 12.0 Å². The third-order valence-corrected chi connectivity index (χ3v) is 6.46. The van der Waals surface area contributed by atoms with Gasteiger partial charge in [0.15, 0.2) is 0 Å². The zero-order valence-corrected chi connectivity index (χ0v) is 21.6. The lowest BCUT2D eigenvalue weighted by Gasteiger charge is -2.40. The first-order valence-corrected chi connectivity index (χ1v) is 11.6. The van der Waals surface area contributed by atoms with Gasteiger partial charge >= 0.3 is 6.09 Å². The largest absolute Gasteiger partial charge is 0.444 e. The van der Waals surface area contributed by atoms with Crippen molar-refractivity contribution in [1.29, 1.82) is 0 Å². The summed E-state index contributed by atoms with van der Waals surface area (Å²) in [6, 6.07) is 1.86. The van der Waals surface area contributed by atoms with Gasteiger partial charge in [-0.15, -0.1) is 0 Å². The first-order chi connectivity index (χ1) is 15.2. The summed E-state index contributed by atoms with van der Waals surface area (Å²) in [5.41, 5.74) is 0.138. The molecule has 0 N–H and O–H groups in total. The molecule has 1 unspecified atom stereocenters. The summed E-state index contributed by atoms with van der Waals surface area (Å²) in [6.07, 6.45) is 1.71. The van der Waals surface area contributed by atoms with Crippen LogP contribution in [0.3, 0.4) is 0 Å². The number of piperidine rings is 1. The topological polar surface area (TPSA) is 84.3 Å². The number of carbonyl (C=O) groups excluding carboxylic acids is 2. The third-order valence-electron chi connectivity index (χ3n) is 6.07. The summed E-state index contributed by atoms with van der Waals surface area (Å²) < 4.78 is 12.2. The van der Waals surface area contributed by atoms with Gasteiger partial charge in [-0.05, 0) is 60.5 Å². The van der Waals surface area contributed by atoms with E-state index in [1.807, 2.05) is 61.7 Å². The van der Waals surface area contributed by atoms with Gasteiger partial charge in [0.2, 0.25) is 0 Å². The summed E-state index contributed by atoms with van der Waals surface area (Å²) in [5.74, 6) is -0.285. The van der Waals surface area contributed by atoms with Gasteiger partial charge in [-0.1, -0.05) is 11.6 Å². The highest BCUT2D eigenvalue weighted by Crippen LogP contribution is 2.55. The highest BCUT2D eigenvalue weighted by atomic mass is 35.5. The summed E-state index contributed by atoms with van der Waals surface area (Å²) in [7, 11) is 3.62. The van der Waals surface area contributed by atoms with Gasteiger partial charge in [-0.3, -0.25) is 9.78 Å². The molecule has 1 spiro atoms. The number of hydrogen-bond acceptors (Lipinski definition) is 5. The summed E-state index contributed by atoms with van der Waals surface area (Å²) in [4.78, 5) is 37.9. The maximum Gasteiger partial charge on any atom is 0.410 e. The van der Waals surface area contributed by atoms with E-state index < -0.39 is 22.7 Å². The molecule has 1 fully saturated rings. The second-order valence-electron chi connectivity index (χ2n) is 10.7. The van der Waals surface area contributed by atoms with Crippen LogP contribution < -0.4 is 0 Å². The minimum absolute atomic E-state index is 0.285. The normalized spacial score (nSPS) is 20.3. The lowest BCUT2D eigenvalue weighted by atomic mass is 9.81. The Morgan fingerprint density at radius 1 is 1.27 bits per heavy atom. The number of hydrogen-bond donors (Lipinski definition) is 0. The van der Waals surface area contributed by atoms with Crippen LogP contribution in [0.15, 0.2) is 11.1 Å². The SMILES string of the molecule is Cc1nc2c(cc1Cl)C(C(C)(C)C(=O)N=CN(C)C)OC21CCN(C(=O)OC(C)(C)C)CC1. The number of halogens is 1. The maximum atomic E-state index is 13.0. The number of aliphatic imine (C=N–C) groups is 1. The van der Waals surface area contributed by atoms with Crippen LogP contribution >= 0.6 is 11.6 Å². The zero-order valence-electron chi connectivity index (χ0n) is 20.9. The van der Waals surface area contributed by atoms with Gasteiger partial charge in [0.25, 0.3) is 5.91 Å². The Balaban J connectivity index is 1.92. The molecule has 8 nitrogen and oxygen atoms in total. The van der Waals surface area contributed by atoms with Crippen molar-refractivity contribution in [1.82, 2.24) is 14.8 Å². The average Bonchev–Trinajstić information content (AvgIpc) is 2.99. The van der Waals surface area contributed by atoms with Gasteiger partial charge in [-0.2, -0.15) is 0 Å². The molecule has 9 heteroatoms. The maximum absolute atomic E-state index is 13.0. The van der Waals surface area contributed by atoms with E-state index in [4.69, 9.17) is 26.1 Å². The molecule has 2 amide bonds. The number of carbonyl (C=O) groups is 2. The molecule has 0 aliphatic carbocycles. The summed E-state index contributed by atoms with van der Waals surface area (Å²) in [5, 5.41) is 0.533. The highest BCUT2D eigenvalue weighted by Gasteiger charge is 2.54. The van der Waals surface area contributed by atoms with Crippen molar-refractivity contribution in [2.24, 2.45) is 10.4 Å². The molecule has 1 aromatic heterocycles. The fourth-order valence-corrected chi connectivity index (χ4v) is 4.38. The predicted octanol–water partition coefficient (Wildman–Crippen LogP) is 4.48. The van der Waals surface area contributed by atoms with Crippen LogP contribution in [0.2, 0.25) is 5.02 Å². The molecular weight excluding hydrogens is 444 g/mol. The monoisotopic (exact) mass is 478 g/mol. The first-order valence-electron chi connectivity index (χ1n) is 11.2. The molecule has 0 bridgehead atoms. The van der Waals surface area contributed by atoms with E-state index in [2.05, 4.69) is 4.99 Å². The minimum atomic E-state index is -0.937. The molecule has 0 aromatic carbocycles. The van der Waals surface area contributed by atoms with Crippen molar-refractivity contribution >= 4 is 29.9 Å². The van der Waals surface area contributed by atoms with Crippen molar-refractivity contribution in [3.8, 4) is 0 Å². The molecule has 182 valence electrons. The number of ether oxygens (including phenoxy) is 2. The molecule has 1 atom stereocenters. The van der Waals surface area contributed by atoms with Crippen molar-refractivity contribution < 1.29 is 19.1 Å². The quantitative estimate of drug-likeness (QED) is 0.470. The Morgan fingerprint density at radius 3 is 2.42 bits per heavy atom. The molecule has 1 aromatic rings. The molecule has 33 heavy (non-hydrogen) atoms. The highest BCUT2D eigenvalue weighted by molar-refractivity contribution is 6.31. The Labute approximate surface area is 201 Å². The molecule has 0 radical (unpaired) electrons. The Kier molecular flexibility index (Phi) is 6.84. The number of aromatic nitrogens is 1. The number of likely N-dealkylation sites (tertiary alicyclic amines) is 1. The number of fused-ring (bicyclic) bond motifs is 2. The van der Waals surface area contributed by atoms with Crippen molar-refractivity contribution in [3.63, 3.8) is 0 Å². The summed E-state index contributed by atoms with van der Waals surface area (Å²) in [6.45, 7) is 12.0. The second-order valence-corrected chi connectivity index (χ2v) is 11.1. The molecule has 1 saturated heterocycles. The standard InChI is InChI=1S/C24H35ClN4O4/c1-15-17(25)13-16-18(27-15)24(9-11-29(12-10-24)21(31)33-22(2,3)4)32-19(16)23(5,6)20(30)26-14-28(7)8/h13-14,19H,9-12H2,1-8H3. The van der Waals surface area contributed by atoms with Crippen LogP contribution in [0.25, 0.3) is 0 Å². The van der Waals surface area contributed by atoms with Crippen LogP contribution in [-0.4, -0.2) is 65.9 Å². The molecule has 2 aliphatic rings. The fraction of sp³-hybridized carbons (Fsp3) is 0.667. The number of aryl methyl sites for hydroxylation is 1. The van der Waals surface area contributed by atoms with E-state index in [0.29, 0.717) is 36.6 Å². The first kappa shape index (κ1) is 25.4. The Hall–Kier alpha value is -2.19. The van der Waals surface area contributed by atoms with E-state index >= 15 is 0 Å². The third kappa shape index (κ3) is 5.17. The van der Waals surface area contributed by atoms with Crippen LogP contribution in [0, 0.1) is 12.3 Å². The smallest absolute Gasteiger partial charge is 0.410 e. The van der Waals surface area contributed by atoms with E-state index in [1.165, 1.54) is 6.34 Å². The molecule has 3 heterocycles. The Morgan fingerprint density at radius 2 is 1.88 bits per heavy atom. The Bertz CT molecular complexity index is 960. The zero-order chi connectivity index (χ0) is 24.8. The molecular formula is C24H35ClN4O4. The van der Waals surface area contributed by atoms with Crippen molar-refractivity contribution in [2.45, 2.75) is 71.7 Å². The number of amides is 2. The van der Waals surface area contributed by atoms with Crippen LogP contribution in [0.1, 0.15) is 70.5 Å². The molecule has 2 aliphatic heterocycles. The van der Waals surface area contributed by atoms with Crippen LogP contribution in [0.5, 0.6) is 0 Å². The van der Waals surface area contributed by atoms with Gasteiger partial charge in [0, 0.05) is 32.7 Å². The predicted molar refractivity (Wildman–Crippen MR) is 127 cm³/mol. The number of pyridine rings is 1. The van der Waals surface area contributed by atoms with Gasteiger partial charge in [0.1, 0.15) is 11.2 Å². The van der Waals surface area contributed by atoms with Crippen molar-refractivity contribution in [2.75, 3.05) is 27.2 Å². The van der Waals surface area contributed by atoms with Gasteiger partial charge < -0.3 is 19.3 Å². The lowest BCUT2D eigenvalue weighted by Crippen LogP contribution is -2.47. The molecule has 0 saturated carbocycles. The van der Waals surface area contributed by atoms with Gasteiger partial charge in [-0.25, -0.2) is 9.79 Å². The second kappa shape index (κ2) is 8.87. The minimum Gasteiger partial charge on any atom is -0.444 e. The van der Waals surface area contributed by atoms with Crippen molar-refractivity contribution in [3.05, 3.63) is 28.0 Å². The van der Waals surface area contributed by atoms with E-state index in [0.717, 1.165) is 11.3 Å². The van der Waals surface area contributed by atoms with Gasteiger partial charge in [0.05, 0.1) is 34.3 Å². The number of rotatable bonds is 3. The van der Waals surface area contributed by atoms with Crippen LogP contribution in [-0.2, 0) is 19.9 Å². The van der Waals surface area contributed by atoms with E-state index in [9.17, 15) is 9.59 Å². The van der Waals surface area contributed by atoms with E-state index in [1.54, 1.807) is 9.80 Å². The number of nitrogens with zero attached hydrogens (tertiary/aromatic N) is 4. The lowest BCUT2D eigenvalue weighted by molar-refractivity contribution is -0.158. The fourth-order valence-electron chi connectivity index (χ4n) is 4.22. The average molecular weight is 479 g/mol. The molecule has 3 rings (SSSR count). The van der Waals surface area contributed by atoms with Crippen LogP contribution in [0.4, 0.5) is 4.79 Å².